The first kappa shape index (κ1) is 16.4. The van der Waals surface area contributed by atoms with Crippen molar-refractivity contribution in [2.45, 2.75) is 70.5 Å². The third kappa shape index (κ3) is 4.04. The van der Waals surface area contributed by atoms with Crippen LogP contribution in [-0.2, 0) is 0 Å². The van der Waals surface area contributed by atoms with E-state index in [1.165, 1.54) is 38.2 Å². The third-order valence-electron chi connectivity index (χ3n) is 4.72. The van der Waals surface area contributed by atoms with Crippen molar-refractivity contribution in [2.75, 3.05) is 6.54 Å². The fourth-order valence-corrected chi connectivity index (χ4v) is 3.63. The molecule has 2 nitrogen and oxygen atoms in total. The van der Waals surface area contributed by atoms with Gasteiger partial charge in [-0.1, -0.05) is 38.8 Å². The molecule has 118 valence electrons. The van der Waals surface area contributed by atoms with Crippen LogP contribution >= 0.6 is 0 Å². The van der Waals surface area contributed by atoms with Crippen LogP contribution in [0.25, 0.3) is 0 Å². The molecule has 0 saturated carbocycles. The zero-order valence-corrected chi connectivity index (χ0v) is 13.4. The highest BCUT2D eigenvalue weighted by atomic mass is 19.1. The fourth-order valence-electron chi connectivity index (χ4n) is 3.63. The summed E-state index contributed by atoms with van der Waals surface area (Å²) in [7, 11) is 0. The molecule has 2 rings (SSSR count). The monoisotopic (exact) mass is 292 g/mol. The number of piperidine rings is 1. The highest BCUT2D eigenvalue weighted by molar-refractivity contribution is 5.22. The van der Waals surface area contributed by atoms with Gasteiger partial charge in [-0.2, -0.15) is 0 Å². The van der Waals surface area contributed by atoms with E-state index in [1.807, 2.05) is 6.07 Å². The van der Waals surface area contributed by atoms with Crippen molar-refractivity contribution in [1.82, 2.24) is 4.90 Å². The molecular formula is C18H29FN2. The van der Waals surface area contributed by atoms with Crippen molar-refractivity contribution >= 4 is 0 Å². The van der Waals surface area contributed by atoms with Crippen LogP contribution in [0.5, 0.6) is 0 Å². The van der Waals surface area contributed by atoms with Gasteiger partial charge in [0.05, 0.1) is 6.04 Å². The third-order valence-corrected chi connectivity index (χ3v) is 4.72. The van der Waals surface area contributed by atoms with Crippen LogP contribution in [0.4, 0.5) is 4.39 Å². The van der Waals surface area contributed by atoms with Crippen LogP contribution in [0.15, 0.2) is 24.3 Å². The van der Waals surface area contributed by atoms with Crippen LogP contribution in [0.2, 0.25) is 0 Å². The number of benzene rings is 1. The highest BCUT2D eigenvalue weighted by Crippen LogP contribution is 2.33. The first-order valence-corrected chi connectivity index (χ1v) is 8.44. The normalized spacial score (nSPS) is 23.0. The minimum atomic E-state index is -0.162. The molecule has 3 atom stereocenters. The van der Waals surface area contributed by atoms with E-state index in [4.69, 9.17) is 5.73 Å². The Hall–Kier alpha value is -0.930. The van der Waals surface area contributed by atoms with Crippen LogP contribution in [0.1, 0.15) is 64.0 Å². The van der Waals surface area contributed by atoms with Crippen molar-refractivity contribution in [3.05, 3.63) is 35.6 Å². The molecule has 1 aromatic rings. The molecular weight excluding hydrogens is 263 g/mol. The summed E-state index contributed by atoms with van der Waals surface area (Å²) in [6, 6.07) is 7.80. The maximum absolute atomic E-state index is 13.6. The number of rotatable bonds is 6. The standard InChI is InChI=1S/C18H29FN2/c1-3-8-16-11-5-6-12-21(16)18(17(20)4-2)14-9-7-10-15(19)13-14/h7,9-10,13,16-18H,3-6,8,11-12,20H2,1-2H3. The summed E-state index contributed by atoms with van der Waals surface area (Å²) >= 11 is 0. The predicted octanol–water partition coefficient (Wildman–Crippen LogP) is 4.26. The summed E-state index contributed by atoms with van der Waals surface area (Å²) in [6.07, 6.45) is 7.09. The van der Waals surface area contributed by atoms with Gasteiger partial charge in [-0.3, -0.25) is 4.90 Å². The predicted molar refractivity (Wildman–Crippen MR) is 86.7 cm³/mol. The Morgan fingerprint density at radius 2 is 2.14 bits per heavy atom. The maximum atomic E-state index is 13.6. The lowest BCUT2D eigenvalue weighted by Crippen LogP contribution is -2.48. The Kier molecular flexibility index (Phi) is 6.19. The molecule has 1 aliphatic heterocycles. The lowest BCUT2D eigenvalue weighted by Gasteiger charge is -2.43. The molecule has 0 aromatic heterocycles. The van der Waals surface area contributed by atoms with Crippen LogP contribution in [-0.4, -0.2) is 23.5 Å². The Bertz CT molecular complexity index is 433. The SMILES string of the molecule is CCCC1CCCCN1C(c1cccc(F)c1)C(N)CC. The van der Waals surface area contributed by atoms with Gasteiger partial charge in [-0.15, -0.1) is 0 Å². The second kappa shape index (κ2) is 7.90. The molecule has 3 heteroatoms. The van der Waals surface area contributed by atoms with E-state index >= 15 is 0 Å². The van der Waals surface area contributed by atoms with Gasteiger partial charge in [0.15, 0.2) is 0 Å². The van der Waals surface area contributed by atoms with Crippen LogP contribution in [0.3, 0.4) is 0 Å². The van der Waals surface area contributed by atoms with Crippen molar-refractivity contribution in [3.63, 3.8) is 0 Å². The van der Waals surface area contributed by atoms with Gasteiger partial charge in [-0.25, -0.2) is 4.39 Å². The van der Waals surface area contributed by atoms with E-state index in [1.54, 1.807) is 12.1 Å². The Morgan fingerprint density at radius 1 is 1.33 bits per heavy atom. The second-order valence-corrected chi connectivity index (χ2v) is 6.25. The smallest absolute Gasteiger partial charge is 0.123 e. The lowest BCUT2D eigenvalue weighted by atomic mass is 9.89. The summed E-state index contributed by atoms with van der Waals surface area (Å²) < 4.78 is 13.6. The van der Waals surface area contributed by atoms with E-state index in [2.05, 4.69) is 18.7 Å². The molecule has 0 radical (unpaired) electrons. The highest BCUT2D eigenvalue weighted by Gasteiger charge is 2.32. The summed E-state index contributed by atoms with van der Waals surface area (Å²) in [5.41, 5.74) is 7.46. The minimum absolute atomic E-state index is 0.0595. The average molecular weight is 292 g/mol. The van der Waals surface area contributed by atoms with E-state index in [0.29, 0.717) is 6.04 Å². The van der Waals surface area contributed by atoms with Gasteiger partial charge in [-0.05, 0) is 49.9 Å². The number of nitrogens with zero attached hydrogens (tertiary/aromatic N) is 1. The Labute approximate surface area is 128 Å². The minimum Gasteiger partial charge on any atom is -0.326 e. The van der Waals surface area contributed by atoms with Crippen LogP contribution < -0.4 is 5.73 Å². The Morgan fingerprint density at radius 3 is 2.81 bits per heavy atom. The van der Waals surface area contributed by atoms with Gasteiger partial charge >= 0.3 is 0 Å². The zero-order valence-electron chi connectivity index (χ0n) is 13.4. The number of likely N-dealkylation sites (tertiary alicyclic amines) is 1. The topological polar surface area (TPSA) is 29.3 Å². The molecule has 1 aromatic carbocycles. The van der Waals surface area contributed by atoms with E-state index in [9.17, 15) is 4.39 Å². The molecule has 1 fully saturated rings. The van der Waals surface area contributed by atoms with Crippen molar-refractivity contribution < 1.29 is 4.39 Å². The molecule has 1 saturated heterocycles. The van der Waals surface area contributed by atoms with Gasteiger partial charge in [0, 0.05) is 12.1 Å². The number of nitrogens with two attached hydrogens (primary N) is 1. The summed E-state index contributed by atoms with van der Waals surface area (Å²) in [5.74, 6) is -0.162. The fraction of sp³-hybridized carbons (Fsp3) is 0.667. The summed E-state index contributed by atoms with van der Waals surface area (Å²) in [5, 5.41) is 0. The van der Waals surface area contributed by atoms with E-state index in [0.717, 1.165) is 18.5 Å². The van der Waals surface area contributed by atoms with Gasteiger partial charge in [0.1, 0.15) is 5.82 Å². The maximum Gasteiger partial charge on any atom is 0.123 e. The Balaban J connectivity index is 2.29. The lowest BCUT2D eigenvalue weighted by molar-refractivity contribution is 0.0724. The molecule has 0 amide bonds. The first-order chi connectivity index (χ1) is 10.2. The summed E-state index contributed by atoms with van der Waals surface area (Å²) in [6.45, 7) is 5.44. The molecule has 0 bridgehead atoms. The average Bonchev–Trinajstić information content (AvgIpc) is 2.49. The molecule has 2 N–H and O–H groups in total. The van der Waals surface area contributed by atoms with Crippen molar-refractivity contribution in [1.29, 1.82) is 0 Å². The van der Waals surface area contributed by atoms with E-state index < -0.39 is 0 Å². The quantitative estimate of drug-likeness (QED) is 0.849. The molecule has 1 aliphatic rings. The van der Waals surface area contributed by atoms with Gasteiger partial charge < -0.3 is 5.73 Å². The molecule has 0 spiro atoms. The van der Waals surface area contributed by atoms with Gasteiger partial charge in [0.25, 0.3) is 0 Å². The molecule has 21 heavy (non-hydrogen) atoms. The van der Waals surface area contributed by atoms with Gasteiger partial charge in [0.2, 0.25) is 0 Å². The van der Waals surface area contributed by atoms with Crippen molar-refractivity contribution in [2.24, 2.45) is 5.73 Å². The molecule has 3 unspecified atom stereocenters. The van der Waals surface area contributed by atoms with Crippen LogP contribution in [0, 0.1) is 5.82 Å². The zero-order chi connectivity index (χ0) is 15.2. The largest absolute Gasteiger partial charge is 0.326 e. The number of hydrogen-bond acceptors (Lipinski definition) is 2. The molecule has 1 heterocycles. The number of halogens is 1. The van der Waals surface area contributed by atoms with E-state index in [-0.39, 0.29) is 17.9 Å². The first-order valence-electron chi connectivity index (χ1n) is 8.44. The molecule has 0 aliphatic carbocycles. The second-order valence-electron chi connectivity index (χ2n) is 6.25. The summed E-state index contributed by atoms with van der Waals surface area (Å²) in [4.78, 5) is 2.55. The number of hydrogen-bond donors (Lipinski definition) is 1. The van der Waals surface area contributed by atoms with Crippen molar-refractivity contribution in [3.8, 4) is 0 Å².